The van der Waals surface area contributed by atoms with Gasteiger partial charge in [-0.25, -0.2) is 0 Å². The minimum Gasteiger partial charge on any atom is -0.175 e. The topological polar surface area (TPSA) is 0 Å². The van der Waals surface area contributed by atoms with E-state index >= 15 is 0 Å². The molecule has 0 aromatic carbocycles. The van der Waals surface area contributed by atoms with Gasteiger partial charge in [-0.1, -0.05) is 52.4 Å². The summed E-state index contributed by atoms with van der Waals surface area (Å²) >= 11 is 4.83. The van der Waals surface area contributed by atoms with Crippen molar-refractivity contribution >= 4 is 12.6 Å². The van der Waals surface area contributed by atoms with Crippen molar-refractivity contribution in [3.63, 3.8) is 0 Å². The van der Waals surface area contributed by atoms with Crippen LogP contribution < -0.4 is 0 Å². The zero-order valence-corrected chi connectivity index (χ0v) is 10.8. The molecule has 0 bridgehead atoms. The quantitative estimate of drug-likeness (QED) is 0.491. The summed E-state index contributed by atoms with van der Waals surface area (Å²) in [5.74, 6) is 0. The molecule has 1 heteroatoms. The molecule has 0 nitrogen and oxygen atoms in total. The lowest BCUT2D eigenvalue weighted by molar-refractivity contribution is 0.202. The van der Waals surface area contributed by atoms with Crippen LogP contribution in [0.15, 0.2) is 0 Å². The van der Waals surface area contributed by atoms with Gasteiger partial charge in [-0.15, -0.1) is 0 Å². The van der Waals surface area contributed by atoms with Crippen LogP contribution in [-0.2, 0) is 0 Å². The first kappa shape index (κ1) is 12.4. The van der Waals surface area contributed by atoms with Gasteiger partial charge in [0.15, 0.2) is 0 Å². The van der Waals surface area contributed by atoms with Crippen molar-refractivity contribution in [1.29, 1.82) is 0 Å². The molecule has 1 fully saturated rings. The molecular weight excluding hydrogens is 188 g/mol. The van der Waals surface area contributed by atoms with Crippen molar-refractivity contribution in [2.24, 2.45) is 5.41 Å². The fourth-order valence-electron chi connectivity index (χ4n) is 2.63. The molecule has 1 unspecified atom stereocenters. The molecule has 0 aromatic rings. The van der Waals surface area contributed by atoms with Gasteiger partial charge in [0.05, 0.1) is 0 Å². The fraction of sp³-hybridized carbons (Fsp3) is 1.00. The first-order valence-corrected chi connectivity index (χ1v) is 6.89. The third-order valence-electron chi connectivity index (χ3n) is 3.88. The van der Waals surface area contributed by atoms with Gasteiger partial charge < -0.3 is 0 Å². The van der Waals surface area contributed by atoms with E-state index in [1.54, 1.807) is 0 Å². The maximum absolute atomic E-state index is 4.83. The summed E-state index contributed by atoms with van der Waals surface area (Å²) in [5.41, 5.74) is 0.551. The Morgan fingerprint density at radius 2 is 1.79 bits per heavy atom. The average Bonchev–Trinajstić information content (AvgIpc) is 2.19. The third kappa shape index (κ3) is 3.49. The van der Waals surface area contributed by atoms with Crippen molar-refractivity contribution in [2.45, 2.75) is 76.9 Å². The average molecular weight is 214 g/mol. The van der Waals surface area contributed by atoms with E-state index in [4.69, 9.17) is 12.6 Å². The molecule has 0 spiro atoms. The van der Waals surface area contributed by atoms with Crippen LogP contribution in [0.1, 0.15) is 71.6 Å². The molecule has 0 aromatic heterocycles. The number of rotatable bonds is 5. The molecular formula is C13H26S. The highest BCUT2D eigenvalue weighted by Crippen LogP contribution is 2.42. The molecule has 0 N–H and O–H groups in total. The summed E-state index contributed by atoms with van der Waals surface area (Å²) in [6.07, 6.45) is 12.5. The van der Waals surface area contributed by atoms with Crippen molar-refractivity contribution in [3.05, 3.63) is 0 Å². The van der Waals surface area contributed by atoms with Crippen molar-refractivity contribution < 1.29 is 0 Å². The maximum Gasteiger partial charge on any atom is 0.00706 e. The van der Waals surface area contributed by atoms with Gasteiger partial charge in [-0.3, -0.25) is 0 Å². The van der Waals surface area contributed by atoms with Gasteiger partial charge in [0.25, 0.3) is 0 Å². The summed E-state index contributed by atoms with van der Waals surface area (Å²) in [6.45, 7) is 4.73. The minimum absolute atomic E-state index is 0.551. The standard InChI is InChI=1S/C13H26S/c1-3-4-6-9-12(14)13(2)10-7-5-8-11-13/h12,14H,3-11H2,1-2H3. The lowest BCUT2D eigenvalue weighted by Gasteiger charge is -2.38. The van der Waals surface area contributed by atoms with Crippen LogP contribution in [0.2, 0.25) is 0 Å². The van der Waals surface area contributed by atoms with E-state index in [9.17, 15) is 0 Å². The van der Waals surface area contributed by atoms with E-state index in [1.807, 2.05) is 0 Å². The third-order valence-corrected chi connectivity index (χ3v) is 4.76. The molecule has 84 valence electrons. The van der Waals surface area contributed by atoms with Crippen LogP contribution in [0.3, 0.4) is 0 Å². The predicted octanol–water partition coefficient (Wildman–Crippen LogP) is 4.84. The lowest BCUT2D eigenvalue weighted by Crippen LogP contribution is -2.30. The second-order valence-electron chi connectivity index (χ2n) is 5.23. The van der Waals surface area contributed by atoms with E-state index in [-0.39, 0.29) is 0 Å². The van der Waals surface area contributed by atoms with Gasteiger partial charge in [-0.05, 0) is 24.7 Å². The molecule has 0 aliphatic heterocycles. The predicted molar refractivity (Wildman–Crippen MR) is 68.1 cm³/mol. The summed E-state index contributed by atoms with van der Waals surface area (Å²) in [5, 5.41) is 0.648. The van der Waals surface area contributed by atoms with Crippen LogP contribution in [0, 0.1) is 5.41 Å². The first-order chi connectivity index (χ1) is 6.69. The summed E-state index contributed by atoms with van der Waals surface area (Å²) in [6, 6.07) is 0. The van der Waals surface area contributed by atoms with Gasteiger partial charge in [-0.2, -0.15) is 12.6 Å². The highest BCUT2D eigenvalue weighted by molar-refractivity contribution is 7.81. The van der Waals surface area contributed by atoms with Crippen LogP contribution in [0.5, 0.6) is 0 Å². The summed E-state index contributed by atoms with van der Waals surface area (Å²) in [7, 11) is 0. The van der Waals surface area contributed by atoms with Gasteiger partial charge in [0, 0.05) is 5.25 Å². The Balaban J connectivity index is 2.29. The van der Waals surface area contributed by atoms with E-state index in [0.29, 0.717) is 10.7 Å². The van der Waals surface area contributed by atoms with E-state index < -0.39 is 0 Å². The van der Waals surface area contributed by atoms with Crippen LogP contribution in [0.25, 0.3) is 0 Å². The second kappa shape index (κ2) is 6.05. The van der Waals surface area contributed by atoms with Crippen molar-refractivity contribution in [1.82, 2.24) is 0 Å². The molecule has 1 aliphatic carbocycles. The van der Waals surface area contributed by atoms with Crippen LogP contribution >= 0.6 is 12.6 Å². The van der Waals surface area contributed by atoms with Gasteiger partial charge >= 0.3 is 0 Å². The second-order valence-corrected chi connectivity index (χ2v) is 5.85. The summed E-state index contributed by atoms with van der Waals surface area (Å²) in [4.78, 5) is 0. The Labute approximate surface area is 95.3 Å². The zero-order chi connectivity index (χ0) is 10.4. The normalized spacial score (nSPS) is 23.4. The Morgan fingerprint density at radius 3 is 2.36 bits per heavy atom. The molecule has 1 atom stereocenters. The zero-order valence-electron chi connectivity index (χ0n) is 9.89. The summed E-state index contributed by atoms with van der Waals surface area (Å²) < 4.78 is 0. The molecule has 0 radical (unpaired) electrons. The number of thiol groups is 1. The molecule has 0 heterocycles. The maximum atomic E-state index is 4.83. The molecule has 1 aliphatic rings. The van der Waals surface area contributed by atoms with Crippen molar-refractivity contribution in [3.8, 4) is 0 Å². The number of hydrogen-bond donors (Lipinski definition) is 1. The van der Waals surface area contributed by atoms with E-state index in [0.717, 1.165) is 0 Å². The first-order valence-electron chi connectivity index (χ1n) is 6.37. The Kier molecular flexibility index (Phi) is 5.36. The van der Waals surface area contributed by atoms with Crippen molar-refractivity contribution in [2.75, 3.05) is 0 Å². The monoisotopic (exact) mass is 214 g/mol. The van der Waals surface area contributed by atoms with Crippen LogP contribution in [0.4, 0.5) is 0 Å². The number of hydrogen-bond acceptors (Lipinski definition) is 1. The molecule has 1 saturated carbocycles. The fourth-order valence-corrected chi connectivity index (χ4v) is 3.07. The van der Waals surface area contributed by atoms with Crippen LogP contribution in [-0.4, -0.2) is 5.25 Å². The SMILES string of the molecule is CCCCCC(S)C1(C)CCCCC1. The van der Waals surface area contributed by atoms with Gasteiger partial charge in [0.2, 0.25) is 0 Å². The Bertz CT molecular complexity index is 147. The van der Waals surface area contributed by atoms with E-state index in [1.165, 1.54) is 57.8 Å². The number of unbranched alkanes of at least 4 members (excludes halogenated alkanes) is 2. The largest absolute Gasteiger partial charge is 0.175 e. The molecule has 1 rings (SSSR count). The van der Waals surface area contributed by atoms with Gasteiger partial charge in [0.1, 0.15) is 0 Å². The molecule has 0 saturated heterocycles. The smallest absolute Gasteiger partial charge is 0.00706 e. The Morgan fingerprint density at radius 1 is 1.14 bits per heavy atom. The molecule has 14 heavy (non-hydrogen) atoms. The lowest BCUT2D eigenvalue weighted by atomic mass is 9.72. The minimum atomic E-state index is 0.551. The highest BCUT2D eigenvalue weighted by atomic mass is 32.1. The molecule has 0 amide bonds. The highest BCUT2D eigenvalue weighted by Gasteiger charge is 2.32. The van der Waals surface area contributed by atoms with E-state index in [2.05, 4.69) is 13.8 Å². The Hall–Kier alpha value is 0.350.